The van der Waals surface area contributed by atoms with Crippen LogP contribution in [0.25, 0.3) is 43.9 Å². The number of halogens is 2. The van der Waals surface area contributed by atoms with Crippen molar-refractivity contribution in [1.29, 1.82) is 0 Å². The normalized spacial score (nSPS) is 15.7. The second-order valence-electron chi connectivity index (χ2n) is 11.5. The number of hydrogen-bond acceptors (Lipinski definition) is 8. The number of carbonyl (C=O) groups excluding carboxylic acids is 2. The van der Waals surface area contributed by atoms with Crippen molar-refractivity contribution in [2.24, 2.45) is 0 Å². The zero-order valence-electron chi connectivity index (χ0n) is 25.7. The molecule has 5 aromatic rings. The summed E-state index contributed by atoms with van der Waals surface area (Å²) in [4.78, 5) is 36.0. The summed E-state index contributed by atoms with van der Waals surface area (Å²) in [5, 5.41) is 10.4. The molecular formula is C34H30F2N6O4S. The lowest BCUT2D eigenvalue weighted by Gasteiger charge is -2.33. The number of benzene rings is 1. The molecule has 0 radical (unpaired) electrons. The zero-order valence-corrected chi connectivity index (χ0v) is 26.5. The Morgan fingerprint density at radius 2 is 2.04 bits per heavy atom. The van der Waals surface area contributed by atoms with Crippen LogP contribution in [0.15, 0.2) is 54.6 Å². The van der Waals surface area contributed by atoms with Gasteiger partial charge in [0.2, 0.25) is 11.8 Å². The van der Waals surface area contributed by atoms with E-state index in [1.165, 1.54) is 24.5 Å². The van der Waals surface area contributed by atoms with Gasteiger partial charge in [-0.1, -0.05) is 6.58 Å². The van der Waals surface area contributed by atoms with Crippen molar-refractivity contribution in [3.05, 3.63) is 83.1 Å². The van der Waals surface area contributed by atoms with Gasteiger partial charge in [0.05, 0.1) is 48.8 Å². The van der Waals surface area contributed by atoms with E-state index in [9.17, 15) is 14.0 Å². The first-order valence-corrected chi connectivity index (χ1v) is 15.9. The molecule has 1 atom stereocenters. The Kier molecular flexibility index (Phi) is 8.02. The van der Waals surface area contributed by atoms with Crippen LogP contribution in [0.5, 0.6) is 5.75 Å². The van der Waals surface area contributed by atoms with E-state index in [1.807, 2.05) is 35.2 Å². The maximum Gasteiger partial charge on any atom is 0.246 e. The Labute approximate surface area is 272 Å². The van der Waals surface area contributed by atoms with Crippen LogP contribution >= 0.6 is 11.3 Å². The third-order valence-electron chi connectivity index (χ3n) is 8.42. The fourth-order valence-electron chi connectivity index (χ4n) is 6.14. The predicted molar refractivity (Wildman–Crippen MR) is 173 cm³/mol. The number of nitrogens with one attached hydrogen (secondary N) is 1. The summed E-state index contributed by atoms with van der Waals surface area (Å²) < 4.78 is 44.2. The Balaban J connectivity index is 1.47. The molecule has 13 heteroatoms. The monoisotopic (exact) mass is 656 g/mol. The average Bonchev–Trinajstić information content (AvgIpc) is 3.71. The summed E-state index contributed by atoms with van der Waals surface area (Å²) in [6.45, 7) is 6.96. The third kappa shape index (κ3) is 5.55. The number of thiophene rings is 1. The van der Waals surface area contributed by atoms with E-state index in [-0.39, 0.29) is 48.8 Å². The van der Waals surface area contributed by atoms with E-state index in [0.29, 0.717) is 58.2 Å². The van der Waals surface area contributed by atoms with Crippen LogP contribution < -0.4 is 10.1 Å². The van der Waals surface area contributed by atoms with Gasteiger partial charge < -0.3 is 19.7 Å². The summed E-state index contributed by atoms with van der Waals surface area (Å²) in [7, 11) is 1.51. The van der Waals surface area contributed by atoms with Crippen molar-refractivity contribution in [1.82, 2.24) is 30.0 Å². The number of amides is 2. The number of aromatic nitrogens is 4. The molecule has 2 aliphatic rings. The van der Waals surface area contributed by atoms with Crippen molar-refractivity contribution in [2.75, 3.05) is 20.3 Å². The summed E-state index contributed by atoms with van der Waals surface area (Å²) in [6.07, 6.45) is 3.18. The van der Waals surface area contributed by atoms with Gasteiger partial charge in [0.15, 0.2) is 0 Å². The molecular weight excluding hydrogens is 626 g/mol. The van der Waals surface area contributed by atoms with Crippen LogP contribution in [0.2, 0.25) is 0 Å². The highest BCUT2D eigenvalue weighted by molar-refractivity contribution is 7.18. The topological polar surface area (TPSA) is 111 Å². The second-order valence-corrected chi connectivity index (χ2v) is 12.4. The number of fused-ring (bicyclic) bond motifs is 3. The summed E-state index contributed by atoms with van der Waals surface area (Å²) in [6, 6.07) is 7.56. The van der Waals surface area contributed by atoms with Gasteiger partial charge in [0.25, 0.3) is 0 Å². The van der Waals surface area contributed by atoms with E-state index in [4.69, 9.17) is 19.6 Å². The van der Waals surface area contributed by atoms with Crippen molar-refractivity contribution >= 4 is 33.2 Å². The third-order valence-corrected chi connectivity index (χ3v) is 9.36. The molecule has 240 valence electrons. The minimum Gasteiger partial charge on any atom is -0.490 e. The molecule has 6 heterocycles. The summed E-state index contributed by atoms with van der Waals surface area (Å²) >= 11 is 1.39. The van der Waals surface area contributed by atoms with Crippen LogP contribution in [0.4, 0.5) is 8.78 Å². The Morgan fingerprint density at radius 1 is 1.19 bits per heavy atom. The van der Waals surface area contributed by atoms with Gasteiger partial charge in [-0.05, 0) is 42.1 Å². The highest BCUT2D eigenvalue weighted by Crippen LogP contribution is 2.47. The van der Waals surface area contributed by atoms with Crippen molar-refractivity contribution in [2.45, 2.75) is 39.0 Å². The van der Waals surface area contributed by atoms with Gasteiger partial charge in [-0.2, -0.15) is 5.10 Å². The van der Waals surface area contributed by atoms with Crippen LogP contribution in [-0.4, -0.2) is 62.8 Å². The van der Waals surface area contributed by atoms with Crippen LogP contribution in [0.1, 0.15) is 23.9 Å². The van der Waals surface area contributed by atoms with E-state index < -0.39 is 11.6 Å². The van der Waals surface area contributed by atoms with Crippen LogP contribution in [0, 0.1) is 11.6 Å². The lowest BCUT2D eigenvalue weighted by Crippen LogP contribution is -2.44. The lowest BCUT2D eigenvalue weighted by molar-refractivity contribution is -0.129. The number of ether oxygens (including phenoxy) is 2. The molecule has 4 aromatic heterocycles. The Morgan fingerprint density at radius 3 is 2.85 bits per heavy atom. The molecule has 0 saturated carbocycles. The van der Waals surface area contributed by atoms with E-state index in [2.05, 4.69) is 16.9 Å². The largest absolute Gasteiger partial charge is 0.490 e. The fourth-order valence-corrected chi connectivity index (χ4v) is 7.09. The SMILES string of the molecule is C=CC(=O)N1Cc2cc(-c3nc(-c4cnc5c(c4)CNC(=O)C5)c4ccsc4c3-c3c(F)cc(F)cc3OCCOC)nn2C[C@H]1C. The number of nitrogens with zero attached hydrogens (tertiary/aromatic N) is 5. The number of hydrogen-bond donors (Lipinski definition) is 1. The first kappa shape index (κ1) is 30.6. The minimum absolute atomic E-state index is 0.0107. The molecule has 7 rings (SSSR count). The van der Waals surface area contributed by atoms with Crippen molar-refractivity contribution < 1.29 is 27.8 Å². The van der Waals surface area contributed by atoms with Crippen LogP contribution in [0.3, 0.4) is 0 Å². The van der Waals surface area contributed by atoms with Gasteiger partial charge in [-0.3, -0.25) is 19.3 Å². The maximum absolute atomic E-state index is 16.0. The molecule has 1 aromatic carbocycles. The first-order chi connectivity index (χ1) is 22.7. The molecule has 2 aliphatic heterocycles. The summed E-state index contributed by atoms with van der Waals surface area (Å²) in [5.74, 6) is -1.85. The van der Waals surface area contributed by atoms with Crippen LogP contribution in [-0.2, 0) is 40.4 Å². The highest BCUT2D eigenvalue weighted by Gasteiger charge is 2.31. The van der Waals surface area contributed by atoms with Gasteiger partial charge in [0.1, 0.15) is 35.4 Å². The molecule has 2 amide bonds. The fraction of sp³-hybridized carbons (Fsp3) is 0.265. The number of carbonyl (C=O) groups is 2. The van der Waals surface area contributed by atoms with E-state index in [1.54, 1.807) is 11.1 Å². The smallest absolute Gasteiger partial charge is 0.246 e. The first-order valence-electron chi connectivity index (χ1n) is 15.0. The molecule has 0 aliphatic carbocycles. The summed E-state index contributed by atoms with van der Waals surface area (Å²) in [5.41, 5.74) is 4.95. The zero-order chi connectivity index (χ0) is 32.8. The van der Waals surface area contributed by atoms with Gasteiger partial charge in [0, 0.05) is 59.2 Å². The minimum atomic E-state index is -0.811. The lowest BCUT2D eigenvalue weighted by atomic mass is 9.96. The molecule has 0 saturated heterocycles. The maximum atomic E-state index is 16.0. The van der Waals surface area contributed by atoms with Gasteiger partial charge in [-0.25, -0.2) is 13.8 Å². The van der Waals surface area contributed by atoms with Gasteiger partial charge in [-0.15, -0.1) is 11.3 Å². The van der Waals surface area contributed by atoms with Crippen molar-refractivity contribution in [3.63, 3.8) is 0 Å². The molecule has 0 bridgehead atoms. The number of pyridine rings is 2. The van der Waals surface area contributed by atoms with Gasteiger partial charge >= 0.3 is 0 Å². The predicted octanol–water partition coefficient (Wildman–Crippen LogP) is 5.28. The number of rotatable bonds is 8. The van der Waals surface area contributed by atoms with E-state index >= 15 is 4.39 Å². The highest BCUT2D eigenvalue weighted by atomic mass is 32.1. The number of methoxy groups -OCH3 is 1. The molecule has 0 spiro atoms. The second kappa shape index (κ2) is 12.3. The molecule has 47 heavy (non-hydrogen) atoms. The van der Waals surface area contributed by atoms with E-state index in [0.717, 1.165) is 28.8 Å². The van der Waals surface area contributed by atoms with Crippen molar-refractivity contribution in [3.8, 4) is 39.5 Å². The Bertz CT molecular complexity index is 2080. The average molecular weight is 657 g/mol. The quantitative estimate of drug-likeness (QED) is 0.179. The molecule has 0 fully saturated rings. The molecule has 1 N–H and O–H groups in total. The molecule has 10 nitrogen and oxygen atoms in total. The molecule has 0 unspecified atom stereocenters. The Hall–Kier alpha value is -5.01. The standard InChI is InChI=1S/C34H30F2N6O4S/c1-4-29(44)41-17-22-12-26(40-42(22)16-18(41)2)33-31(30-24(36)10-21(35)11-27(30)46-7-6-45-3)34-23(5-8-47-34)32(39-33)20-9-19-14-38-28(43)13-25(19)37-15-20/h4-5,8-12,15,18H,1,6-7,13-14,16-17H2,2-3H3,(H,38,43)/t18-/m1/s1.